The van der Waals surface area contributed by atoms with Gasteiger partial charge in [0, 0.05) is 18.9 Å². The maximum Gasteiger partial charge on any atom is 0.274 e. The summed E-state index contributed by atoms with van der Waals surface area (Å²) in [5.41, 5.74) is 0.297. The van der Waals surface area contributed by atoms with E-state index in [0.29, 0.717) is 18.1 Å². The van der Waals surface area contributed by atoms with E-state index >= 15 is 0 Å². The van der Waals surface area contributed by atoms with Gasteiger partial charge < -0.3 is 14.5 Å². The predicted molar refractivity (Wildman–Crippen MR) is 65.3 cm³/mol. The maximum absolute atomic E-state index is 12.4. The van der Waals surface area contributed by atoms with Gasteiger partial charge in [0.05, 0.1) is 12.2 Å². The third-order valence-corrected chi connectivity index (χ3v) is 3.21. The fraction of sp³-hybridized carbons (Fsp3) is 0.417. The van der Waals surface area contributed by atoms with Gasteiger partial charge in [-0.2, -0.15) is 4.98 Å². The second-order valence-corrected chi connectivity index (χ2v) is 4.45. The quantitative estimate of drug-likeness (QED) is 0.860. The predicted octanol–water partition coefficient (Wildman–Crippen LogP) is 0.329. The molecule has 1 fully saturated rings. The lowest BCUT2D eigenvalue weighted by Gasteiger charge is -2.21. The molecule has 3 heterocycles. The smallest absolute Gasteiger partial charge is 0.274 e. The number of nitrogens with zero attached hydrogens (tertiary/aromatic N) is 5. The van der Waals surface area contributed by atoms with Crippen LogP contribution in [-0.2, 0) is 6.61 Å². The van der Waals surface area contributed by atoms with Gasteiger partial charge in [0.15, 0.2) is 5.82 Å². The van der Waals surface area contributed by atoms with Gasteiger partial charge in [0.1, 0.15) is 12.3 Å². The Morgan fingerprint density at radius 3 is 3.10 bits per heavy atom. The van der Waals surface area contributed by atoms with Crippen LogP contribution in [0.2, 0.25) is 0 Å². The van der Waals surface area contributed by atoms with Crippen LogP contribution >= 0.6 is 0 Å². The number of rotatable bonds is 3. The Kier molecular flexibility index (Phi) is 3.38. The van der Waals surface area contributed by atoms with Crippen LogP contribution < -0.4 is 0 Å². The third-order valence-electron chi connectivity index (χ3n) is 3.21. The van der Waals surface area contributed by atoms with E-state index in [-0.39, 0.29) is 24.4 Å². The van der Waals surface area contributed by atoms with Crippen molar-refractivity contribution in [1.82, 2.24) is 25.0 Å². The number of aliphatic hydroxyl groups excluding tert-OH is 1. The number of carbonyl (C=O) groups is 1. The molecule has 0 aromatic carbocycles. The molecule has 0 aliphatic carbocycles. The van der Waals surface area contributed by atoms with Gasteiger partial charge in [-0.15, -0.1) is 0 Å². The minimum atomic E-state index is -0.308. The summed E-state index contributed by atoms with van der Waals surface area (Å²) < 4.78 is 4.88. The molecule has 20 heavy (non-hydrogen) atoms. The fourth-order valence-corrected chi connectivity index (χ4v) is 2.30. The van der Waals surface area contributed by atoms with Gasteiger partial charge in [0.25, 0.3) is 11.8 Å². The summed E-state index contributed by atoms with van der Waals surface area (Å²) in [6.45, 7) is 0.306. The fourth-order valence-electron chi connectivity index (χ4n) is 2.30. The van der Waals surface area contributed by atoms with E-state index < -0.39 is 0 Å². The minimum absolute atomic E-state index is 0.152. The van der Waals surface area contributed by atoms with Crippen molar-refractivity contribution in [2.75, 3.05) is 6.54 Å². The van der Waals surface area contributed by atoms with Crippen molar-refractivity contribution >= 4 is 5.91 Å². The number of carbonyl (C=O) groups excluding carboxylic acids is 1. The lowest BCUT2D eigenvalue weighted by molar-refractivity contribution is 0.0722. The van der Waals surface area contributed by atoms with Crippen molar-refractivity contribution in [3.63, 3.8) is 0 Å². The van der Waals surface area contributed by atoms with Crippen molar-refractivity contribution in [2.24, 2.45) is 0 Å². The van der Waals surface area contributed by atoms with Gasteiger partial charge in [-0.25, -0.2) is 4.98 Å². The van der Waals surface area contributed by atoms with E-state index in [1.807, 2.05) is 0 Å². The van der Waals surface area contributed by atoms with Crippen LogP contribution in [0, 0.1) is 0 Å². The first-order valence-corrected chi connectivity index (χ1v) is 6.30. The molecular formula is C12H13N5O3. The molecule has 3 rings (SSSR count). The van der Waals surface area contributed by atoms with Gasteiger partial charge in [0.2, 0.25) is 0 Å². The normalized spacial score (nSPS) is 18.4. The Labute approximate surface area is 114 Å². The Morgan fingerprint density at radius 2 is 2.40 bits per heavy atom. The maximum atomic E-state index is 12.4. The molecular weight excluding hydrogens is 262 g/mol. The van der Waals surface area contributed by atoms with Crippen molar-refractivity contribution in [1.29, 1.82) is 0 Å². The van der Waals surface area contributed by atoms with Crippen molar-refractivity contribution in [3.05, 3.63) is 36.0 Å². The Morgan fingerprint density at radius 1 is 1.50 bits per heavy atom. The highest BCUT2D eigenvalue weighted by molar-refractivity contribution is 5.92. The van der Waals surface area contributed by atoms with Crippen LogP contribution in [0.25, 0.3) is 0 Å². The molecule has 1 aliphatic heterocycles. The first kappa shape index (κ1) is 12.7. The number of amides is 1. The van der Waals surface area contributed by atoms with Crippen molar-refractivity contribution < 1.29 is 14.4 Å². The van der Waals surface area contributed by atoms with Gasteiger partial charge in [-0.3, -0.25) is 9.78 Å². The van der Waals surface area contributed by atoms with Crippen LogP contribution in [0.15, 0.2) is 23.1 Å². The first-order chi connectivity index (χ1) is 9.79. The molecule has 0 bridgehead atoms. The van der Waals surface area contributed by atoms with Crippen LogP contribution in [0.4, 0.5) is 0 Å². The molecule has 1 unspecified atom stereocenters. The zero-order chi connectivity index (χ0) is 13.9. The summed E-state index contributed by atoms with van der Waals surface area (Å²) in [5.74, 6) is 0.374. The minimum Gasteiger partial charge on any atom is -0.387 e. The van der Waals surface area contributed by atoms with E-state index in [9.17, 15) is 4.79 Å². The SMILES string of the molecule is O=C(c1cnccn1)N1CCCC1c1noc(CO)n1. The van der Waals surface area contributed by atoms with Crippen molar-refractivity contribution in [2.45, 2.75) is 25.5 Å². The van der Waals surface area contributed by atoms with E-state index in [1.54, 1.807) is 4.90 Å². The number of hydrogen-bond donors (Lipinski definition) is 1. The van der Waals surface area contributed by atoms with Crippen LogP contribution in [0.1, 0.15) is 41.1 Å². The number of hydrogen-bond acceptors (Lipinski definition) is 7. The lowest BCUT2D eigenvalue weighted by Crippen LogP contribution is -2.31. The topological polar surface area (TPSA) is 105 Å². The highest BCUT2D eigenvalue weighted by Crippen LogP contribution is 2.31. The third kappa shape index (κ3) is 2.25. The average Bonchev–Trinajstić information content (AvgIpc) is 3.15. The summed E-state index contributed by atoms with van der Waals surface area (Å²) in [6.07, 6.45) is 6.06. The Hall–Kier alpha value is -2.35. The van der Waals surface area contributed by atoms with Crippen LogP contribution in [0.3, 0.4) is 0 Å². The van der Waals surface area contributed by atoms with E-state index in [4.69, 9.17) is 9.63 Å². The van der Waals surface area contributed by atoms with Crippen molar-refractivity contribution in [3.8, 4) is 0 Å². The zero-order valence-corrected chi connectivity index (χ0v) is 10.6. The van der Waals surface area contributed by atoms with E-state index in [0.717, 1.165) is 12.8 Å². The summed E-state index contributed by atoms with van der Waals surface area (Å²) in [6, 6.07) is -0.242. The standard InChI is InChI=1S/C12H13N5O3/c18-7-10-15-11(16-20-10)9-2-1-5-17(9)12(19)8-6-13-3-4-14-8/h3-4,6,9,18H,1-2,5,7H2. The first-order valence-electron chi connectivity index (χ1n) is 6.30. The molecule has 2 aromatic heterocycles. The van der Waals surface area contributed by atoms with Crippen LogP contribution in [-0.4, -0.2) is 42.6 Å². The summed E-state index contributed by atoms with van der Waals surface area (Å²) in [5, 5.41) is 12.8. The zero-order valence-electron chi connectivity index (χ0n) is 10.6. The second-order valence-electron chi connectivity index (χ2n) is 4.45. The molecule has 0 spiro atoms. The highest BCUT2D eigenvalue weighted by Gasteiger charge is 2.34. The number of likely N-dealkylation sites (tertiary alicyclic amines) is 1. The molecule has 1 amide bonds. The monoisotopic (exact) mass is 275 g/mol. The lowest BCUT2D eigenvalue weighted by atomic mass is 10.2. The average molecular weight is 275 g/mol. The Bertz CT molecular complexity index is 600. The van der Waals surface area contributed by atoms with Crippen LogP contribution in [0.5, 0.6) is 0 Å². The van der Waals surface area contributed by atoms with E-state index in [2.05, 4.69) is 20.1 Å². The molecule has 8 heteroatoms. The molecule has 1 aliphatic rings. The molecule has 0 radical (unpaired) electrons. The number of aromatic nitrogens is 4. The Balaban J connectivity index is 1.83. The van der Waals surface area contributed by atoms with Gasteiger partial charge in [-0.1, -0.05) is 5.16 Å². The number of aliphatic hydroxyl groups is 1. The second kappa shape index (κ2) is 5.33. The van der Waals surface area contributed by atoms with Gasteiger partial charge >= 0.3 is 0 Å². The highest BCUT2D eigenvalue weighted by atomic mass is 16.5. The summed E-state index contributed by atoms with van der Waals surface area (Å²) in [7, 11) is 0. The molecule has 2 aromatic rings. The molecule has 104 valence electrons. The molecule has 0 saturated carbocycles. The molecule has 8 nitrogen and oxygen atoms in total. The molecule has 1 N–H and O–H groups in total. The molecule has 1 saturated heterocycles. The molecule has 1 atom stereocenters. The summed E-state index contributed by atoms with van der Waals surface area (Å²) in [4.78, 5) is 26.1. The van der Waals surface area contributed by atoms with E-state index in [1.165, 1.54) is 18.6 Å². The largest absolute Gasteiger partial charge is 0.387 e. The van der Waals surface area contributed by atoms with Gasteiger partial charge in [-0.05, 0) is 12.8 Å². The summed E-state index contributed by atoms with van der Waals surface area (Å²) >= 11 is 0.